The highest BCUT2D eigenvalue weighted by Gasteiger charge is 2.43. The molecule has 2 aromatic rings. The van der Waals surface area contributed by atoms with E-state index in [4.69, 9.17) is 14.2 Å². The second-order valence-electron chi connectivity index (χ2n) is 21.0. The van der Waals surface area contributed by atoms with Crippen LogP contribution >= 0.6 is 0 Å². The largest absolute Gasteiger partial charge is 0.467 e. The molecule has 3 N–H and O–H groups in total. The number of hydrogen-bond donors (Lipinski definition) is 3. The van der Waals surface area contributed by atoms with Gasteiger partial charge in [0.25, 0.3) is 0 Å². The number of ether oxygens (including phenoxy) is 3. The zero-order valence-electron chi connectivity index (χ0n) is 49.9. The summed E-state index contributed by atoms with van der Waals surface area (Å²) in [6, 6.07) is 14.3. The number of likely N-dealkylation sites (N-methyl/N-ethyl adjacent to an activating group) is 2. The summed E-state index contributed by atoms with van der Waals surface area (Å²) in [6.07, 6.45) is 4.59. The molecule has 2 fully saturated rings. The van der Waals surface area contributed by atoms with E-state index in [2.05, 4.69) is 29.8 Å². The van der Waals surface area contributed by atoms with Crippen LogP contribution in [0, 0.1) is 23.7 Å². The molecule has 18 nitrogen and oxygen atoms in total. The van der Waals surface area contributed by atoms with Crippen molar-refractivity contribution in [3.63, 3.8) is 0 Å². The second-order valence-corrected chi connectivity index (χ2v) is 21.0. The quantitative estimate of drug-likeness (QED) is 0.0413. The molecule has 2 aromatic carbocycles. The van der Waals surface area contributed by atoms with E-state index >= 15 is 0 Å². The molecule has 438 valence electrons. The van der Waals surface area contributed by atoms with Crippen LogP contribution in [0.2, 0.25) is 0 Å². The van der Waals surface area contributed by atoms with Gasteiger partial charge in [-0.2, -0.15) is 0 Å². The molecule has 0 aromatic heterocycles. The fourth-order valence-corrected chi connectivity index (χ4v) is 10.4. The third-order valence-corrected chi connectivity index (χ3v) is 14.6. The number of likely N-dealkylation sites (tertiary alicyclic amines) is 2. The average molecular weight is 1090 g/mol. The third kappa shape index (κ3) is 20.8. The Bertz CT molecular complexity index is 2190. The number of nitrogens with one attached hydrogen (secondary N) is 3. The molecule has 0 spiro atoms. The molecule has 2 heterocycles. The van der Waals surface area contributed by atoms with Gasteiger partial charge in [-0.1, -0.05) is 131 Å². The number of methoxy groups -OCH3 is 3. The van der Waals surface area contributed by atoms with Crippen LogP contribution in [0.25, 0.3) is 0 Å². The molecule has 3 unspecified atom stereocenters. The molecule has 9 atom stereocenters. The monoisotopic (exact) mass is 1090 g/mol. The predicted octanol–water partition coefficient (Wildman–Crippen LogP) is 7.42. The van der Waals surface area contributed by atoms with Crippen molar-refractivity contribution in [2.75, 3.05) is 60.4 Å². The first-order valence-electron chi connectivity index (χ1n) is 28.4. The van der Waals surface area contributed by atoms with Gasteiger partial charge >= 0.3 is 5.97 Å². The molecule has 7 amide bonds. The summed E-state index contributed by atoms with van der Waals surface area (Å²) in [5, 5.41) is 8.69. The maximum atomic E-state index is 14.3. The Morgan fingerprint density at radius 3 is 2.06 bits per heavy atom. The van der Waals surface area contributed by atoms with E-state index in [1.54, 1.807) is 36.8 Å². The Kier molecular flexibility index (Phi) is 31.3. The Balaban J connectivity index is 0.00000401. The average Bonchev–Trinajstić information content (AvgIpc) is 4.00. The molecule has 0 radical (unpaired) electrons. The molecule has 2 aliphatic rings. The number of esters is 1. The van der Waals surface area contributed by atoms with Crippen molar-refractivity contribution >= 4 is 53.0 Å². The van der Waals surface area contributed by atoms with Crippen molar-refractivity contribution in [2.24, 2.45) is 23.7 Å². The highest BCUT2D eigenvalue weighted by molar-refractivity contribution is 6.03. The summed E-state index contributed by atoms with van der Waals surface area (Å²) in [4.78, 5) is 112. The first kappa shape index (κ1) is 68.4. The summed E-state index contributed by atoms with van der Waals surface area (Å²) < 4.78 is 17.0. The number of unbranched alkanes of at least 4 members (excludes halogenated alkanes) is 2. The van der Waals surface area contributed by atoms with Gasteiger partial charge in [0.1, 0.15) is 6.04 Å². The van der Waals surface area contributed by atoms with Crippen LogP contribution in [0.5, 0.6) is 0 Å². The lowest BCUT2D eigenvalue weighted by Crippen LogP contribution is -2.55. The fraction of sp³-hybridized carbons (Fsp3) is 0.667. The van der Waals surface area contributed by atoms with Crippen molar-refractivity contribution in [3.05, 3.63) is 65.7 Å². The highest BCUT2D eigenvalue weighted by Crippen LogP contribution is 2.30. The molecule has 4 rings (SSSR count). The standard InChI is InChI=1S/C55H83N7O11.C3H8.C2H6/c1-12-36(4)50(44(71-9)32-47(65)61-28-20-25-43(61)51(72-10)38(6)52(67)58-42(55(70)73-11)31-39-21-15-13-16-22-39)60(8)48(66)33-56-53(68)49(35(2)3)59(7)34-40-23-19-24-41(30-40)57-45(63)26-17-14-18-27-62-46(64)29-37(5)54(62)69;1-3-2;1-2/h13,15-16,19,21-24,30,35-38,42-44,49-51H,12,14,17-18,20,25-29,31-34H2,1-11H3,(H,56,68)(H,57,63)(H,58,67);3H2,1-2H3;1-2H3/t36-,37?,38+,42-,43-,44+,49?,50?,51+;;/m0../s1. The van der Waals surface area contributed by atoms with Crippen LogP contribution in [0.3, 0.4) is 0 Å². The van der Waals surface area contributed by atoms with Gasteiger partial charge in [0.15, 0.2) is 0 Å². The van der Waals surface area contributed by atoms with E-state index in [1.807, 2.05) is 102 Å². The number of nitrogens with zero attached hydrogens (tertiary/aromatic N) is 4. The summed E-state index contributed by atoms with van der Waals surface area (Å²) in [7, 11) is 7.82. The number of carbonyl (C=O) groups is 8. The number of amides is 7. The normalized spacial score (nSPS) is 17.8. The lowest BCUT2D eigenvalue weighted by Gasteiger charge is -2.39. The van der Waals surface area contributed by atoms with Crippen molar-refractivity contribution in [1.29, 1.82) is 0 Å². The third-order valence-electron chi connectivity index (χ3n) is 14.6. The van der Waals surface area contributed by atoms with Gasteiger partial charge in [0.2, 0.25) is 41.4 Å². The minimum Gasteiger partial charge on any atom is -0.467 e. The predicted molar refractivity (Wildman–Crippen MR) is 305 cm³/mol. The Hall–Kier alpha value is -5.72. The fourth-order valence-electron chi connectivity index (χ4n) is 10.4. The molecule has 2 saturated heterocycles. The molecular weight excluding hydrogens is 995 g/mol. The Morgan fingerprint density at radius 1 is 0.833 bits per heavy atom. The number of imide groups is 1. The highest BCUT2D eigenvalue weighted by atomic mass is 16.5. The number of hydrogen-bond acceptors (Lipinski definition) is 12. The van der Waals surface area contributed by atoms with Crippen molar-refractivity contribution in [2.45, 2.75) is 183 Å². The maximum absolute atomic E-state index is 14.3. The van der Waals surface area contributed by atoms with E-state index < -0.39 is 54.2 Å². The Morgan fingerprint density at radius 2 is 1.49 bits per heavy atom. The van der Waals surface area contributed by atoms with E-state index in [0.717, 1.165) is 11.1 Å². The van der Waals surface area contributed by atoms with E-state index in [1.165, 1.54) is 32.7 Å². The van der Waals surface area contributed by atoms with Crippen LogP contribution < -0.4 is 16.0 Å². The first-order valence-corrected chi connectivity index (χ1v) is 28.4. The topological polar surface area (TPSA) is 213 Å². The summed E-state index contributed by atoms with van der Waals surface area (Å²) in [6.45, 7) is 20.6. The minimum atomic E-state index is -0.917. The van der Waals surface area contributed by atoms with Crippen LogP contribution in [0.15, 0.2) is 54.6 Å². The number of rotatable bonds is 29. The molecule has 0 saturated carbocycles. The zero-order chi connectivity index (χ0) is 58.6. The van der Waals surface area contributed by atoms with Crippen LogP contribution in [0.4, 0.5) is 5.69 Å². The summed E-state index contributed by atoms with van der Waals surface area (Å²) >= 11 is 0. The van der Waals surface area contributed by atoms with Crippen LogP contribution in [0.1, 0.15) is 145 Å². The molecule has 0 bridgehead atoms. The van der Waals surface area contributed by atoms with Crippen molar-refractivity contribution in [1.82, 2.24) is 30.2 Å². The lowest BCUT2D eigenvalue weighted by molar-refractivity contribution is -0.148. The van der Waals surface area contributed by atoms with Gasteiger partial charge in [-0.3, -0.25) is 43.4 Å². The summed E-state index contributed by atoms with van der Waals surface area (Å²) in [5.41, 5.74) is 2.36. The van der Waals surface area contributed by atoms with E-state index in [0.29, 0.717) is 70.3 Å². The molecule has 0 aliphatic carbocycles. The second kappa shape index (κ2) is 35.7. The number of anilines is 1. The van der Waals surface area contributed by atoms with E-state index in [-0.39, 0.29) is 79.0 Å². The zero-order valence-corrected chi connectivity index (χ0v) is 49.9. The minimum absolute atomic E-state index is 0.0395. The maximum Gasteiger partial charge on any atom is 0.328 e. The SMILES string of the molecule is CC.CCC.CC[C@H](C)C([C@@H](CC(=O)N1CCC[C@H]1[C@H](OC)[C@@H](C)C(=O)N[C@@H](Cc1ccccc1)C(=O)OC)OC)N(C)C(=O)CNC(=O)C(C(C)C)N(C)Cc1cccc(NC(=O)CCCCCN2C(=O)CC(C)C2=O)c1. The number of carbonyl (C=O) groups excluding carboxylic acids is 8. The molecule has 2 aliphatic heterocycles. The van der Waals surface area contributed by atoms with Gasteiger partial charge in [-0.05, 0) is 67.8 Å². The van der Waals surface area contributed by atoms with Gasteiger partial charge in [-0.25, -0.2) is 4.79 Å². The van der Waals surface area contributed by atoms with Gasteiger partial charge in [-0.15, -0.1) is 0 Å². The van der Waals surface area contributed by atoms with Gasteiger partial charge in [0, 0.05) is 71.8 Å². The molecular formula is C60H97N7O11. The van der Waals surface area contributed by atoms with Crippen molar-refractivity contribution < 1.29 is 52.6 Å². The van der Waals surface area contributed by atoms with Gasteiger partial charge in [0.05, 0.1) is 56.3 Å². The Labute approximate surface area is 466 Å². The van der Waals surface area contributed by atoms with E-state index in [9.17, 15) is 38.4 Å². The van der Waals surface area contributed by atoms with Crippen molar-refractivity contribution in [3.8, 4) is 0 Å². The summed E-state index contributed by atoms with van der Waals surface area (Å²) in [5.74, 6) is -3.44. The van der Waals surface area contributed by atoms with Gasteiger partial charge < -0.3 is 40.0 Å². The van der Waals surface area contributed by atoms with Crippen LogP contribution in [-0.2, 0) is 65.5 Å². The molecule has 18 heteroatoms. The first-order chi connectivity index (χ1) is 37.2. The molecule has 78 heavy (non-hydrogen) atoms. The van der Waals surface area contributed by atoms with Crippen LogP contribution in [-0.4, -0.2) is 158 Å². The number of benzene rings is 2. The smallest absolute Gasteiger partial charge is 0.328 e. The lowest BCUT2D eigenvalue weighted by atomic mass is 9.90.